The Kier molecular flexibility index (Phi) is 4.28. The number of nitrogens with one attached hydrogen (secondary N) is 1. The van der Waals surface area contributed by atoms with Gasteiger partial charge in [0.25, 0.3) is 0 Å². The largest absolute Gasteiger partial charge is 0.481 e. The van der Waals surface area contributed by atoms with E-state index in [-0.39, 0.29) is 17.9 Å². The standard InChI is InChI=1S/C10H16N2O4/c11-10(16)6-1-3-7(4-2-6)12-8(13)5-9(14)15/h6-7H,1-5H2,(H2,11,16)(H,12,13)(H,14,15). The van der Waals surface area contributed by atoms with Crippen LogP contribution in [0.15, 0.2) is 0 Å². The molecule has 0 heterocycles. The van der Waals surface area contributed by atoms with E-state index in [4.69, 9.17) is 10.8 Å². The summed E-state index contributed by atoms with van der Waals surface area (Å²) < 4.78 is 0. The predicted molar refractivity (Wildman–Crippen MR) is 55.3 cm³/mol. The molecule has 90 valence electrons. The number of rotatable bonds is 4. The zero-order valence-corrected chi connectivity index (χ0v) is 8.94. The molecule has 1 aliphatic rings. The van der Waals surface area contributed by atoms with E-state index < -0.39 is 18.3 Å². The molecule has 6 nitrogen and oxygen atoms in total. The highest BCUT2D eigenvalue weighted by Crippen LogP contribution is 2.23. The lowest BCUT2D eigenvalue weighted by Crippen LogP contribution is -2.40. The van der Waals surface area contributed by atoms with Gasteiger partial charge in [-0.3, -0.25) is 14.4 Å². The number of carboxylic acid groups (broad SMARTS) is 1. The fraction of sp³-hybridized carbons (Fsp3) is 0.700. The van der Waals surface area contributed by atoms with Gasteiger partial charge >= 0.3 is 5.97 Å². The van der Waals surface area contributed by atoms with Crippen molar-refractivity contribution in [3.05, 3.63) is 0 Å². The Balaban J connectivity index is 2.29. The zero-order chi connectivity index (χ0) is 12.1. The molecule has 16 heavy (non-hydrogen) atoms. The summed E-state index contributed by atoms with van der Waals surface area (Å²) in [6, 6.07) is -0.0255. The summed E-state index contributed by atoms with van der Waals surface area (Å²) in [6.45, 7) is 0. The van der Waals surface area contributed by atoms with Crippen molar-refractivity contribution < 1.29 is 19.5 Å². The maximum atomic E-state index is 11.2. The van der Waals surface area contributed by atoms with Crippen LogP contribution in [0.2, 0.25) is 0 Å². The van der Waals surface area contributed by atoms with Crippen molar-refractivity contribution >= 4 is 17.8 Å². The Morgan fingerprint density at radius 1 is 1.19 bits per heavy atom. The van der Waals surface area contributed by atoms with Crippen LogP contribution >= 0.6 is 0 Å². The molecule has 0 atom stereocenters. The number of hydrogen-bond acceptors (Lipinski definition) is 3. The van der Waals surface area contributed by atoms with E-state index in [0.29, 0.717) is 25.7 Å². The molecule has 1 saturated carbocycles. The van der Waals surface area contributed by atoms with Crippen molar-refractivity contribution in [3.63, 3.8) is 0 Å². The highest BCUT2D eigenvalue weighted by Gasteiger charge is 2.25. The number of aliphatic carboxylic acids is 1. The number of carbonyl (C=O) groups excluding carboxylic acids is 2. The fourth-order valence-electron chi connectivity index (χ4n) is 1.94. The average Bonchev–Trinajstić information content (AvgIpc) is 2.16. The van der Waals surface area contributed by atoms with E-state index in [2.05, 4.69) is 5.32 Å². The molecule has 1 fully saturated rings. The second-order valence-corrected chi connectivity index (χ2v) is 4.09. The smallest absolute Gasteiger partial charge is 0.312 e. The van der Waals surface area contributed by atoms with Crippen molar-refractivity contribution in [2.75, 3.05) is 0 Å². The molecule has 2 amide bonds. The SMILES string of the molecule is NC(=O)C1CCC(NC(=O)CC(=O)O)CC1. The highest BCUT2D eigenvalue weighted by atomic mass is 16.4. The van der Waals surface area contributed by atoms with Crippen LogP contribution in [0.4, 0.5) is 0 Å². The van der Waals surface area contributed by atoms with Gasteiger partial charge in [0.15, 0.2) is 0 Å². The first-order valence-corrected chi connectivity index (χ1v) is 5.29. The first-order valence-electron chi connectivity index (χ1n) is 5.29. The average molecular weight is 228 g/mol. The minimum atomic E-state index is -1.14. The molecular formula is C10H16N2O4. The molecule has 0 aromatic rings. The summed E-state index contributed by atoms with van der Waals surface area (Å²) in [4.78, 5) is 32.3. The lowest BCUT2D eigenvalue weighted by Gasteiger charge is -2.27. The predicted octanol–water partition coefficient (Wildman–Crippen LogP) is -0.379. The van der Waals surface area contributed by atoms with Crippen LogP contribution in [-0.2, 0) is 14.4 Å². The topological polar surface area (TPSA) is 109 Å². The minimum absolute atomic E-state index is 0.0255. The Morgan fingerprint density at radius 3 is 2.19 bits per heavy atom. The third-order valence-corrected chi connectivity index (χ3v) is 2.81. The second kappa shape index (κ2) is 5.48. The van der Waals surface area contributed by atoms with Gasteiger partial charge in [0.2, 0.25) is 11.8 Å². The number of carbonyl (C=O) groups is 3. The summed E-state index contributed by atoms with van der Waals surface area (Å²) in [5.74, 6) is -2.01. The Labute approximate surface area is 93.2 Å². The quantitative estimate of drug-likeness (QED) is 0.570. The molecule has 4 N–H and O–H groups in total. The third kappa shape index (κ3) is 3.88. The molecule has 0 aromatic carbocycles. The van der Waals surface area contributed by atoms with Gasteiger partial charge in [0, 0.05) is 12.0 Å². The number of carboxylic acids is 1. The summed E-state index contributed by atoms with van der Waals surface area (Å²) in [6.07, 6.45) is 2.17. The van der Waals surface area contributed by atoms with Crippen LogP contribution < -0.4 is 11.1 Å². The molecule has 0 spiro atoms. The molecule has 0 bridgehead atoms. The zero-order valence-electron chi connectivity index (χ0n) is 8.94. The summed E-state index contributed by atoms with van der Waals surface area (Å²) >= 11 is 0. The van der Waals surface area contributed by atoms with E-state index in [1.807, 2.05) is 0 Å². The molecular weight excluding hydrogens is 212 g/mol. The van der Waals surface area contributed by atoms with Crippen LogP contribution in [0, 0.1) is 5.92 Å². The second-order valence-electron chi connectivity index (χ2n) is 4.09. The third-order valence-electron chi connectivity index (χ3n) is 2.81. The number of amides is 2. The van der Waals surface area contributed by atoms with Crippen molar-refractivity contribution in [2.45, 2.75) is 38.1 Å². The minimum Gasteiger partial charge on any atom is -0.481 e. The molecule has 1 aliphatic carbocycles. The lowest BCUT2D eigenvalue weighted by atomic mass is 9.85. The molecule has 0 aliphatic heterocycles. The van der Waals surface area contributed by atoms with Crippen LogP contribution in [0.3, 0.4) is 0 Å². The van der Waals surface area contributed by atoms with E-state index in [0.717, 1.165) is 0 Å². The maximum absolute atomic E-state index is 11.2. The molecule has 0 saturated heterocycles. The van der Waals surface area contributed by atoms with Crippen molar-refractivity contribution in [2.24, 2.45) is 11.7 Å². The lowest BCUT2D eigenvalue weighted by molar-refractivity contribution is -0.140. The van der Waals surface area contributed by atoms with Gasteiger partial charge in [-0.1, -0.05) is 0 Å². The van der Waals surface area contributed by atoms with Crippen LogP contribution in [-0.4, -0.2) is 28.9 Å². The van der Waals surface area contributed by atoms with Gasteiger partial charge in [-0.2, -0.15) is 0 Å². The first-order chi connectivity index (χ1) is 7.49. The maximum Gasteiger partial charge on any atom is 0.312 e. The Bertz CT molecular complexity index is 295. The number of hydrogen-bond donors (Lipinski definition) is 3. The van der Waals surface area contributed by atoms with E-state index >= 15 is 0 Å². The highest BCUT2D eigenvalue weighted by molar-refractivity contribution is 5.93. The van der Waals surface area contributed by atoms with E-state index in [1.54, 1.807) is 0 Å². The van der Waals surface area contributed by atoms with Gasteiger partial charge in [-0.05, 0) is 25.7 Å². The number of primary amides is 1. The fourth-order valence-corrected chi connectivity index (χ4v) is 1.94. The first kappa shape index (κ1) is 12.5. The summed E-state index contributed by atoms with van der Waals surface area (Å²) in [7, 11) is 0. The van der Waals surface area contributed by atoms with Gasteiger partial charge in [0.05, 0.1) is 0 Å². The van der Waals surface area contributed by atoms with Crippen LogP contribution in [0.1, 0.15) is 32.1 Å². The molecule has 6 heteroatoms. The van der Waals surface area contributed by atoms with Crippen molar-refractivity contribution in [3.8, 4) is 0 Å². The monoisotopic (exact) mass is 228 g/mol. The Morgan fingerprint density at radius 2 is 1.75 bits per heavy atom. The van der Waals surface area contributed by atoms with Crippen LogP contribution in [0.25, 0.3) is 0 Å². The summed E-state index contributed by atoms with van der Waals surface area (Å²) in [5, 5.41) is 11.0. The van der Waals surface area contributed by atoms with Crippen molar-refractivity contribution in [1.29, 1.82) is 0 Å². The molecule has 1 rings (SSSR count). The summed E-state index contributed by atoms with van der Waals surface area (Å²) in [5.41, 5.74) is 5.18. The van der Waals surface area contributed by atoms with Gasteiger partial charge < -0.3 is 16.2 Å². The van der Waals surface area contributed by atoms with E-state index in [9.17, 15) is 14.4 Å². The van der Waals surface area contributed by atoms with Crippen molar-refractivity contribution in [1.82, 2.24) is 5.32 Å². The van der Waals surface area contributed by atoms with Gasteiger partial charge in [-0.25, -0.2) is 0 Å². The normalized spacial score (nSPS) is 24.8. The number of nitrogens with two attached hydrogens (primary N) is 1. The van der Waals surface area contributed by atoms with Crippen LogP contribution in [0.5, 0.6) is 0 Å². The molecule has 0 radical (unpaired) electrons. The van der Waals surface area contributed by atoms with E-state index in [1.165, 1.54) is 0 Å². The van der Waals surface area contributed by atoms with Gasteiger partial charge in [-0.15, -0.1) is 0 Å². The van der Waals surface area contributed by atoms with Gasteiger partial charge in [0.1, 0.15) is 6.42 Å². The molecule has 0 unspecified atom stereocenters. The Hall–Kier alpha value is -1.59. The molecule has 0 aromatic heterocycles.